The Kier molecular flexibility index (Phi) is 6.07. The lowest BCUT2D eigenvalue weighted by atomic mass is 10.2. The van der Waals surface area contributed by atoms with Crippen LogP contribution >= 0.6 is 27.7 Å². The van der Waals surface area contributed by atoms with Crippen LogP contribution < -0.4 is 5.32 Å². The number of aromatic nitrogens is 1. The van der Waals surface area contributed by atoms with Crippen molar-refractivity contribution in [3.63, 3.8) is 0 Å². The summed E-state index contributed by atoms with van der Waals surface area (Å²) in [4.78, 5) is 6.93. The van der Waals surface area contributed by atoms with Crippen molar-refractivity contribution in [2.45, 2.75) is 36.1 Å². The molecule has 0 fully saturated rings. The molecule has 0 radical (unpaired) electrons. The van der Waals surface area contributed by atoms with Crippen LogP contribution in [0.4, 0.5) is 0 Å². The predicted octanol–water partition coefficient (Wildman–Crippen LogP) is 5.06. The van der Waals surface area contributed by atoms with E-state index in [4.69, 9.17) is 0 Å². The lowest BCUT2D eigenvalue weighted by Gasteiger charge is -2.12. The molecule has 1 aromatic carbocycles. The molecule has 1 N–H and O–H groups in total. The first-order valence-corrected chi connectivity index (χ1v) is 8.42. The fourth-order valence-electron chi connectivity index (χ4n) is 1.84. The van der Waals surface area contributed by atoms with Gasteiger partial charge in [0.1, 0.15) is 0 Å². The lowest BCUT2D eigenvalue weighted by Crippen LogP contribution is -2.20. The number of pyridine rings is 1. The van der Waals surface area contributed by atoms with Gasteiger partial charge >= 0.3 is 0 Å². The van der Waals surface area contributed by atoms with Crippen molar-refractivity contribution in [1.29, 1.82) is 0 Å². The predicted molar refractivity (Wildman–Crippen MR) is 89.2 cm³/mol. The van der Waals surface area contributed by atoms with Crippen LogP contribution in [0.5, 0.6) is 0 Å². The van der Waals surface area contributed by atoms with E-state index in [2.05, 4.69) is 64.3 Å². The summed E-state index contributed by atoms with van der Waals surface area (Å²) in [6.07, 6.45) is 3.09. The lowest BCUT2D eigenvalue weighted by molar-refractivity contribution is 0.558. The first kappa shape index (κ1) is 15.5. The Balaban J connectivity index is 2.01. The Morgan fingerprint density at radius 2 is 2.10 bits per heavy atom. The van der Waals surface area contributed by atoms with Crippen molar-refractivity contribution in [2.24, 2.45) is 0 Å². The minimum Gasteiger partial charge on any atom is -0.309 e. The number of halogens is 1. The third kappa shape index (κ3) is 4.62. The molecule has 2 rings (SSSR count). The van der Waals surface area contributed by atoms with Crippen LogP contribution in [0.2, 0.25) is 0 Å². The van der Waals surface area contributed by atoms with Gasteiger partial charge in [-0.1, -0.05) is 40.7 Å². The molecule has 1 aromatic heterocycles. The van der Waals surface area contributed by atoms with Crippen LogP contribution in [0.3, 0.4) is 0 Å². The summed E-state index contributed by atoms with van der Waals surface area (Å²) in [5.41, 5.74) is 1.09. The van der Waals surface area contributed by atoms with Crippen LogP contribution in [0.1, 0.15) is 32.0 Å². The van der Waals surface area contributed by atoms with Crippen molar-refractivity contribution in [3.8, 4) is 0 Å². The summed E-state index contributed by atoms with van der Waals surface area (Å²) in [6, 6.07) is 12.8. The number of hydrogen-bond donors (Lipinski definition) is 1. The third-order valence-corrected chi connectivity index (χ3v) is 4.40. The van der Waals surface area contributed by atoms with Gasteiger partial charge in [0.05, 0.1) is 5.69 Å². The number of benzene rings is 1. The van der Waals surface area contributed by atoms with Gasteiger partial charge in [-0.2, -0.15) is 0 Å². The highest BCUT2D eigenvalue weighted by atomic mass is 79.9. The summed E-state index contributed by atoms with van der Waals surface area (Å²) in [5, 5.41) is 3.45. The van der Waals surface area contributed by atoms with Gasteiger partial charge in [0.2, 0.25) is 0 Å². The fraction of sp³-hybridized carbons (Fsp3) is 0.312. The van der Waals surface area contributed by atoms with Crippen LogP contribution in [0, 0.1) is 0 Å². The van der Waals surface area contributed by atoms with Gasteiger partial charge in [0.15, 0.2) is 0 Å². The highest BCUT2D eigenvalue weighted by Gasteiger charge is 2.06. The number of rotatable bonds is 6. The van der Waals surface area contributed by atoms with Gasteiger partial charge in [0, 0.05) is 26.5 Å². The van der Waals surface area contributed by atoms with E-state index in [0.29, 0.717) is 6.04 Å². The molecule has 0 aliphatic carbocycles. The molecule has 0 saturated carbocycles. The molecule has 1 atom stereocenters. The Morgan fingerprint density at radius 1 is 1.25 bits per heavy atom. The van der Waals surface area contributed by atoms with Gasteiger partial charge in [-0.3, -0.25) is 4.98 Å². The topological polar surface area (TPSA) is 24.9 Å². The minimum atomic E-state index is 0.305. The first-order valence-electron chi connectivity index (χ1n) is 6.82. The molecule has 0 amide bonds. The van der Waals surface area contributed by atoms with Gasteiger partial charge in [0.25, 0.3) is 0 Å². The van der Waals surface area contributed by atoms with E-state index in [0.717, 1.165) is 28.0 Å². The Morgan fingerprint density at radius 3 is 2.75 bits per heavy atom. The smallest absolute Gasteiger partial charge is 0.0571 e. The second-order valence-corrected chi connectivity index (χ2v) is 6.72. The molecule has 1 unspecified atom stereocenters. The van der Waals surface area contributed by atoms with Gasteiger partial charge in [-0.15, -0.1) is 0 Å². The molecule has 0 bridgehead atoms. The Hall–Kier alpha value is -0.840. The molecular formula is C16H19BrN2S. The van der Waals surface area contributed by atoms with Gasteiger partial charge in [-0.05, 0) is 50.2 Å². The van der Waals surface area contributed by atoms with Gasteiger partial charge < -0.3 is 5.32 Å². The van der Waals surface area contributed by atoms with E-state index in [9.17, 15) is 0 Å². The zero-order valence-electron chi connectivity index (χ0n) is 11.8. The molecule has 2 nitrogen and oxygen atoms in total. The molecule has 0 aliphatic rings. The first-order chi connectivity index (χ1) is 9.69. The van der Waals surface area contributed by atoms with E-state index < -0.39 is 0 Å². The molecule has 2 aromatic rings. The maximum Gasteiger partial charge on any atom is 0.0571 e. The van der Waals surface area contributed by atoms with E-state index in [1.54, 1.807) is 11.8 Å². The van der Waals surface area contributed by atoms with E-state index in [-0.39, 0.29) is 0 Å². The zero-order valence-corrected chi connectivity index (χ0v) is 14.2. The minimum absolute atomic E-state index is 0.305. The van der Waals surface area contributed by atoms with Crippen molar-refractivity contribution < 1.29 is 0 Å². The van der Waals surface area contributed by atoms with Crippen molar-refractivity contribution >= 4 is 27.7 Å². The Labute approximate surface area is 133 Å². The normalized spacial score (nSPS) is 12.3. The zero-order chi connectivity index (χ0) is 14.4. The molecule has 0 saturated heterocycles. The highest BCUT2D eigenvalue weighted by molar-refractivity contribution is 9.10. The van der Waals surface area contributed by atoms with Crippen molar-refractivity contribution in [3.05, 3.63) is 52.8 Å². The number of nitrogens with one attached hydrogen (secondary N) is 1. The largest absolute Gasteiger partial charge is 0.309 e. The average Bonchev–Trinajstić information content (AvgIpc) is 2.45. The summed E-state index contributed by atoms with van der Waals surface area (Å²) < 4.78 is 1.10. The summed E-state index contributed by atoms with van der Waals surface area (Å²) in [6.45, 7) is 5.35. The second-order valence-electron chi connectivity index (χ2n) is 4.65. The standard InChI is InChI=1S/C16H19BrN2S/c1-3-9-18-12(2)16-8-7-15(11-19-16)20-14-6-4-5-13(17)10-14/h4-8,10-12,18H,3,9H2,1-2H3. The van der Waals surface area contributed by atoms with Gasteiger partial charge in [-0.25, -0.2) is 0 Å². The van der Waals surface area contributed by atoms with E-state index >= 15 is 0 Å². The fourth-order valence-corrected chi connectivity index (χ4v) is 3.24. The van der Waals surface area contributed by atoms with Crippen LogP contribution in [-0.4, -0.2) is 11.5 Å². The molecule has 106 valence electrons. The summed E-state index contributed by atoms with van der Waals surface area (Å²) in [5.74, 6) is 0. The SMILES string of the molecule is CCCNC(C)c1ccc(Sc2cccc(Br)c2)cn1. The number of hydrogen-bond acceptors (Lipinski definition) is 3. The number of nitrogens with zero attached hydrogens (tertiary/aromatic N) is 1. The molecular weight excluding hydrogens is 332 g/mol. The van der Waals surface area contributed by atoms with Crippen LogP contribution in [-0.2, 0) is 0 Å². The average molecular weight is 351 g/mol. The van der Waals surface area contributed by atoms with E-state index in [1.807, 2.05) is 18.3 Å². The van der Waals surface area contributed by atoms with Crippen molar-refractivity contribution in [1.82, 2.24) is 10.3 Å². The monoisotopic (exact) mass is 350 g/mol. The molecule has 1 heterocycles. The van der Waals surface area contributed by atoms with Crippen LogP contribution in [0.25, 0.3) is 0 Å². The Bertz CT molecular complexity index is 542. The quantitative estimate of drug-likeness (QED) is 0.788. The third-order valence-electron chi connectivity index (χ3n) is 2.94. The van der Waals surface area contributed by atoms with Crippen molar-refractivity contribution in [2.75, 3.05) is 6.54 Å². The summed E-state index contributed by atoms with van der Waals surface area (Å²) >= 11 is 5.22. The molecule has 4 heteroatoms. The summed E-state index contributed by atoms with van der Waals surface area (Å²) in [7, 11) is 0. The molecule has 20 heavy (non-hydrogen) atoms. The molecule has 0 aliphatic heterocycles. The maximum atomic E-state index is 4.56. The van der Waals surface area contributed by atoms with Crippen LogP contribution in [0.15, 0.2) is 56.9 Å². The maximum absolute atomic E-state index is 4.56. The second kappa shape index (κ2) is 7.81. The molecule has 0 spiro atoms. The van der Waals surface area contributed by atoms with E-state index in [1.165, 1.54) is 4.90 Å². The highest BCUT2D eigenvalue weighted by Crippen LogP contribution is 2.29.